The second-order valence-corrected chi connectivity index (χ2v) is 3.67. The molecule has 0 saturated carbocycles. The second-order valence-electron chi connectivity index (χ2n) is 3.67. The van der Waals surface area contributed by atoms with Gasteiger partial charge in [-0.3, -0.25) is 4.79 Å². The van der Waals surface area contributed by atoms with Crippen LogP contribution in [-0.2, 0) is 6.18 Å². The van der Waals surface area contributed by atoms with Gasteiger partial charge in [-0.25, -0.2) is 4.68 Å². The number of hydrogen-bond acceptors (Lipinski definition) is 2. The third-order valence-corrected chi connectivity index (χ3v) is 2.38. The van der Waals surface area contributed by atoms with E-state index in [0.717, 1.165) is 22.9 Å². The maximum atomic E-state index is 12.6. The first-order chi connectivity index (χ1) is 8.91. The average molecular weight is 264 g/mol. The van der Waals surface area contributed by atoms with Crippen molar-refractivity contribution in [3.8, 4) is 18.0 Å². The van der Waals surface area contributed by atoms with Gasteiger partial charge in [0.1, 0.15) is 0 Å². The minimum atomic E-state index is -4.44. The summed E-state index contributed by atoms with van der Waals surface area (Å²) in [5, 5.41) is 3.78. The van der Waals surface area contributed by atoms with Gasteiger partial charge in [0.05, 0.1) is 11.3 Å². The number of benzene rings is 1. The van der Waals surface area contributed by atoms with Gasteiger partial charge in [0.25, 0.3) is 0 Å². The summed E-state index contributed by atoms with van der Waals surface area (Å²) in [5.74, 6) is 2.08. The monoisotopic (exact) mass is 264 g/mol. The van der Waals surface area contributed by atoms with Crippen molar-refractivity contribution in [1.82, 2.24) is 9.78 Å². The smallest absolute Gasteiger partial charge is 0.287 e. The highest BCUT2D eigenvalue weighted by molar-refractivity contribution is 5.37. The van der Waals surface area contributed by atoms with Gasteiger partial charge in [0.2, 0.25) is 5.43 Å². The summed E-state index contributed by atoms with van der Waals surface area (Å²) < 4.78 is 38.9. The molecule has 0 bridgehead atoms. The number of alkyl halides is 3. The van der Waals surface area contributed by atoms with Crippen LogP contribution >= 0.6 is 0 Å². The van der Waals surface area contributed by atoms with Gasteiger partial charge >= 0.3 is 6.18 Å². The lowest BCUT2D eigenvalue weighted by Crippen LogP contribution is -2.14. The lowest BCUT2D eigenvalue weighted by molar-refractivity contribution is -0.137. The van der Waals surface area contributed by atoms with E-state index in [1.54, 1.807) is 0 Å². The Morgan fingerprint density at radius 3 is 2.63 bits per heavy atom. The Bertz CT molecular complexity index is 711. The molecule has 0 radical (unpaired) electrons. The zero-order valence-corrected chi connectivity index (χ0v) is 9.48. The molecular weight excluding hydrogens is 257 g/mol. The molecule has 0 fully saturated rings. The van der Waals surface area contributed by atoms with Gasteiger partial charge in [0, 0.05) is 12.3 Å². The molecule has 1 heterocycles. The number of terminal acetylenes is 1. The topological polar surface area (TPSA) is 34.9 Å². The van der Waals surface area contributed by atoms with Crippen LogP contribution in [0.4, 0.5) is 13.2 Å². The zero-order chi connectivity index (χ0) is 14.0. The Kier molecular flexibility index (Phi) is 3.13. The van der Waals surface area contributed by atoms with Crippen molar-refractivity contribution in [1.29, 1.82) is 0 Å². The van der Waals surface area contributed by atoms with Crippen LogP contribution in [0.5, 0.6) is 0 Å². The minimum Gasteiger partial charge on any atom is -0.287 e. The molecular formula is C13H7F3N2O. The normalized spacial score (nSPS) is 11.1. The van der Waals surface area contributed by atoms with E-state index in [1.165, 1.54) is 18.3 Å². The predicted molar refractivity (Wildman–Crippen MR) is 62.8 cm³/mol. The van der Waals surface area contributed by atoms with E-state index in [2.05, 4.69) is 11.0 Å². The lowest BCUT2D eigenvalue weighted by atomic mass is 10.2. The Hall–Kier alpha value is -2.55. The van der Waals surface area contributed by atoms with Crippen LogP contribution in [0.25, 0.3) is 5.69 Å². The maximum Gasteiger partial charge on any atom is 0.416 e. The SMILES string of the molecule is C#Cc1nn(-c2cccc(C(F)(F)F)c2)ccc1=O. The largest absolute Gasteiger partial charge is 0.416 e. The molecule has 1 aromatic carbocycles. The summed E-state index contributed by atoms with van der Waals surface area (Å²) in [6.45, 7) is 0. The fraction of sp³-hybridized carbons (Fsp3) is 0.0769. The van der Waals surface area contributed by atoms with Crippen LogP contribution in [-0.4, -0.2) is 9.78 Å². The van der Waals surface area contributed by atoms with E-state index in [1.807, 2.05) is 0 Å². The Morgan fingerprint density at radius 1 is 1.26 bits per heavy atom. The first-order valence-corrected chi connectivity index (χ1v) is 5.16. The molecule has 96 valence electrons. The van der Waals surface area contributed by atoms with Crippen LogP contribution in [0.15, 0.2) is 41.3 Å². The fourth-order valence-electron chi connectivity index (χ4n) is 1.48. The Morgan fingerprint density at radius 2 is 2.00 bits per heavy atom. The number of hydrogen-bond donors (Lipinski definition) is 0. The Balaban J connectivity index is 2.54. The predicted octanol–water partition coefficient (Wildman–Crippen LogP) is 2.23. The molecule has 0 saturated heterocycles. The molecule has 2 aromatic rings. The highest BCUT2D eigenvalue weighted by atomic mass is 19.4. The van der Waals surface area contributed by atoms with Gasteiger partial charge in [0.15, 0.2) is 5.69 Å². The molecule has 0 unspecified atom stereocenters. The van der Waals surface area contributed by atoms with Crippen LogP contribution in [0, 0.1) is 12.3 Å². The van der Waals surface area contributed by atoms with E-state index >= 15 is 0 Å². The van der Waals surface area contributed by atoms with E-state index in [0.29, 0.717) is 0 Å². The average Bonchev–Trinajstić information content (AvgIpc) is 2.38. The molecule has 2 rings (SSSR count). The van der Waals surface area contributed by atoms with Crippen molar-refractivity contribution < 1.29 is 13.2 Å². The molecule has 1 aromatic heterocycles. The van der Waals surface area contributed by atoms with E-state index < -0.39 is 17.2 Å². The molecule has 0 amide bonds. The molecule has 0 spiro atoms. The van der Waals surface area contributed by atoms with Gasteiger partial charge in [-0.05, 0) is 24.1 Å². The van der Waals surface area contributed by atoms with E-state index in [-0.39, 0.29) is 11.4 Å². The number of halogens is 3. The highest BCUT2D eigenvalue weighted by Gasteiger charge is 2.30. The van der Waals surface area contributed by atoms with Gasteiger partial charge in [-0.2, -0.15) is 18.3 Å². The molecule has 6 heteroatoms. The second kappa shape index (κ2) is 4.61. The van der Waals surface area contributed by atoms with E-state index in [4.69, 9.17) is 6.42 Å². The molecule has 3 nitrogen and oxygen atoms in total. The highest BCUT2D eigenvalue weighted by Crippen LogP contribution is 2.30. The maximum absolute atomic E-state index is 12.6. The molecule has 19 heavy (non-hydrogen) atoms. The van der Waals surface area contributed by atoms with Crippen molar-refractivity contribution in [3.05, 3.63) is 58.0 Å². The van der Waals surface area contributed by atoms with Crippen LogP contribution in [0.2, 0.25) is 0 Å². The van der Waals surface area contributed by atoms with Gasteiger partial charge < -0.3 is 0 Å². The summed E-state index contributed by atoms with van der Waals surface area (Å²) in [6, 6.07) is 5.73. The number of aromatic nitrogens is 2. The van der Waals surface area contributed by atoms with Crippen molar-refractivity contribution in [2.75, 3.05) is 0 Å². The third kappa shape index (κ3) is 2.65. The molecule has 0 aliphatic rings. The number of nitrogens with zero attached hydrogens (tertiary/aromatic N) is 2. The van der Waals surface area contributed by atoms with Crippen LogP contribution < -0.4 is 5.43 Å². The molecule has 0 N–H and O–H groups in total. The van der Waals surface area contributed by atoms with Crippen molar-refractivity contribution in [2.24, 2.45) is 0 Å². The first kappa shape index (κ1) is 12.9. The van der Waals surface area contributed by atoms with Crippen LogP contribution in [0.3, 0.4) is 0 Å². The number of rotatable bonds is 1. The quantitative estimate of drug-likeness (QED) is 0.740. The van der Waals surface area contributed by atoms with Crippen molar-refractivity contribution in [2.45, 2.75) is 6.18 Å². The Labute approximate surface area is 106 Å². The first-order valence-electron chi connectivity index (χ1n) is 5.16. The van der Waals surface area contributed by atoms with Crippen molar-refractivity contribution >= 4 is 0 Å². The molecule has 0 atom stereocenters. The summed E-state index contributed by atoms with van der Waals surface area (Å²) in [6.07, 6.45) is 1.91. The van der Waals surface area contributed by atoms with Crippen LogP contribution in [0.1, 0.15) is 11.3 Å². The minimum absolute atomic E-state index is 0.153. The lowest BCUT2D eigenvalue weighted by Gasteiger charge is -2.10. The van der Waals surface area contributed by atoms with Crippen molar-refractivity contribution in [3.63, 3.8) is 0 Å². The fourth-order valence-corrected chi connectivity index (χ4v) is 1.48. The molecule has 0 aliphatic heterocycles. The van der Waals surface area contributed by atoms with Gasteiger partial charge in [-0.1, -0.05) is 6.07 Å². The summed E-state index contributed by atoms with van der Waals surface area (Å²) in [5.41, 5.74) is -1.23. The van der Waals surface area contributed by atoms with Gasteiger partial charge in [-0.15, -0.1) is 6.42 Å². The summed E-state index contributed by atoms with van der Waals surface area (Å²) >= 11 is 0. The molecule has 0 aliphatic carbocycles. The summed E-state index contributed by atoms with van der Waals surface area (Å²) in [7, 11) is 0. The zero-order valence-electron chi connectivity index (χ0n) is 9.48. The van der Waals surface area contributed by atoms with E-state index in [9.17, 15) is 18.0 Å². The standard InChI is InChI=1S/C13H7F3N2O/c1-2-11-12(19)6-7-18(17-11)10-5-3-4-9(8-10)13(14,15)16/h1,3-8H. The summed E-state index contributed by atoms with van der Waals surface area (Å²) in [4.78, 5) is 11.3. The third-order valence-electron chi connectivity index (χ3n) is 2.38.